The van der Waals surface area contributed by atoms with E-state index >= 15 is 0 Å². The van der Waals surface area contributed by atoms with Crippen molar-refractivity contribution in [2.45, 2.75) is 83.2 Å². The first kappa shape index (κ1) is 18.5. The molecular weight excluding hydrogens is 332 g/mol. The van der Waals surface area contributed by atoms with Gasteiger partial charge in [-0.05, 0) is 43.4 Å². The fourth-order valence-corrected chi connectivity index (χ4v) is 7.03. The number of rotatable bonds is 3. The van der Waals surface area contributed by atoms with Gasteiger partial charge < -0.3 is 19.7 Å². The third-order valence-corrected chi connectivity index (χ3v) is 8.65. The summed E-state index contributed by atoms with van der Waals surface area (Å²) >= 11 is 0. The van der Waals surface area contributed by atoms with Gasteiger partial charge in [-0.2, -0.15) is 0 Å². The number of epoxide rings is 1. The zero-order chi connectivity index (χ0) is 19.1. The number of carbonyl (C=O) groups is 1. The lowest BCUT2D eigenvalue weighted by atomic mass is 9.49. The summed E-state index contributed by atoms with van der Waals surface area (Å²) in [5.41, 5.74) is -0.522. The third-order valence-electron chi connectivity index (χ3n) is 8.65. The van der Waals surface area contributed by atoms with Gasteiger partial charge in [0, 0.05) is 18.4 Å². The quantitative estimate of drug-likeness (QED) is 0.752. The normalized spacial score (nSPS) is 52.6. The minimum absolute atomic E-state index is 0.100. The van der Waals surface area contributed by atoms with Crippen molar-refractivity contribution < 1.29 is 24.5 Å². The average Bonchev–Trinajstić information content (AvgIpc) is 3.22. The number of aliphatic carboxylic acids is 1. The first-order valence-corrected chi connectivity index (χ1v) is 9.94. The number of carboxylic acids is 1. The highest BCUT2D eigenvalue weighted by Gasteiger charge is 2.86. The Morgan fingerprint density at radius 1 is 1.27 bits per heavy atom. The van der Waals surface area contributed by atoms with Crippen LogP contribution in [0, 0.1) is 22.7 Å². The molecule has 4 aliphatic rings. The van der Waals surface area contributed by atoms with Gasteiger partial charge in [0.25, 0.3) is 0 Å². The van der Waals surface area contributed by atoms with Crippen LogP contribution in [0.1, 0.15) is 59.8 Å². The Kier molecular flexibility index (Phi) is 3.78. The molecule has 2 N–H and O–H groups in total. The molecule has 0 aromatic heterocycles. The number of aliphatic hydroxyl groups is 1. The van der Waals surface area contributed by atoms with Gasteiger partial charge in [-0.1, -0.05) is 33.8 Å². The summed E-state index contributed by atoms with van der Waals surface area (Å²) in [5, 5.41) is 21.0. The number of methoxy groups -OCH3 is 1. The van der Waals surface area contributed by atoms with Crippen LogP contribution in [-0.2, 0) is 14.3 Å². The van der Waals surface area contributed by atoms with Crippen LogP contribution in [-0.4, -0.2) is 46.7 Å². The van der Waals surface area contributed by atoms with Gasteiger partial charge >= 0.3 is 5.97 Å². The van der Waals surface area contributed by atoms with E-state index in [1.807, 2.05) is 0 Å². The Balaban J connectivity index is 1.84. The van der Waals surface area contributed by atoms with Crippen LogP contribution in [0.3, 0.4) is 0 Å². The molecule has 2 saturated carbocycles. The van der Waals surface area contributed by atoms with Crippen LogP contribution in [0.25, 0.3) is 0 Å². The Hall–Kier alpha value is -0.910. The zero-order valence-corrected chi connectivity index (χ0v) is 16.5. The van der Waals surface area contributed by atoms with Gasteiger partial charge in [0.2, 0.25) is 0 Å². The van der Waals surface area contributed by atoms with E-state index in [1.165, 1.54) is 7.11 Å². The molecule has 3 aliphatic carbocycles. The van der Waals surface area contributed by atoms with Crippen molar-refractivity contribution in [2.75, 3.05) is 7.11 Å². The molecule has 1 aliphatic heterocycles. The molecule has 0 radical (unpaired) electrons. The number of carboxylic acid groups (broad SMARTS) is 1. The Labute approximate surface area is 155 Å². The molecule has 1 heterocycles. The van der Waals surface area contributed by atoms with Crippen LogP contribution in [0.5, 0.6) is 0 Å². The molecule has 5 heteroatoms. The maximum atomic E-state index is 11.8. The molecule has 3 fully saturated rings. The van der Waals surface area contributed by atoms with Crippen molar-refractivity contribution in [2.24, 2.45) is 22.7 Å². The summed E-state index contributed by atoms with van der Waals surface area (Å²) in [6, 6.07) is 0. The van der Waals surface area contributed by atoms with Crippen LogP contribution in [0.4, 0.5) is 0 Å². The maximum absolute atomic E-state index is 11.8. The second-order valence-electron chi connectivity index (χ2n) is 9.80. The van der Waals surface area contributed by atoms with E-state index in [0.717, 1.165) is 25.7 Å². The van der Waals surface area contributed by atoms with Crippen LogP contribution in [0.2, 0.25) is 0 Å². The predicted octanol–water partition coefficient (Wildman–Crippen LogP) is 3.16. The van der Waals surface area contributed by atoms with E-state index in [-0.39, 0.29) is 28.1 Å². The van der Waals surface area contributed by atoms with Crippen molar-refractivity contribution in [3.05, 3.63) is 11.6 Å². The minimum atomic E-state index is -1.00. The Morgan fingerprint density at radius 3 is 2.46 bits per heavy atom. The number of hydrogen-bond donors (Lipinski definition) is 2. The van der Waals surface area contributed by atoms with Gasteiger partial charge in [-0.25, -0.2) is 4.79 Å². The highest BCUT2D eigenvalue weighted by atomic mass is 16.6. The highest BCUT2D eigenvalue weighted by Crippen LogP contribution is 2.80. The monoisotopic (exact) mass is 364 g/mol. The highest BCUT2D eigenvalue weighted by molar-refractivity contribution is 5.88. The SMILES string of the molecule is CO[C@H]1C(C(=O)O)=CC[C@H]2[C@@](C)(CC[C@@]3(C)CC[C@@]4(C(C)C)O[C@]234)[C@H]1O. The zero-order valence-electron chi connectivity index (χ0n) is 16.5. The molecule has 146 valence electrons. The fourth-order valence-electron chi connectivity index (χ4n) is 7.03. The molecule has 1 saturated heterocycles. The van der Waals surface area contributed by atoms with Crippen LogP contribution >= 0.6 is 0 Å². The van der Waals surface area contributed by atoms with Crippen molar-refractivity contribution in [1.82, 2.24) is 0 Å². The van der Waals surface area contributed by atoms with Gasteiger partial charge in [0.05, 0.1) is 11.7 Å². The lowest BCUT2D eigenvalue weighted by Crippen LogP contribution is -2.59. The lowest BCUT2D eigenvalue weighted by Gasteiger charge is -2.54. The summed E-state index contributed by atoms with van der Waals surface area (Å²) in [4.78, 5) is 11.8. The lowest BCUT2D eigenvalue weighted by molar-refractivity contribution is -0.149. The molecule has 7 atom stereocenters. The standard InChI is InChI=1S/C21H32O5/c1-12(2)20-11-9-18(3)8-10-19(4)14(21(18,20)26-20)7-6-13(17(23)24)15(25-5)16(19)22/h6,12,14-16,22H,7-11H2,1-5H3,(H,23,24)/t14-,15-,16-,18-,19+,20-,21+/m0/s1. The molecule has 4 rings (SSSR count). The van der Waals surface area contributed by atoms with E-state index < -0.39 is 23.6 Å². The summed E-state index contributed by atoms with van der Waals surface area (Å²) in [6.07, 6.45) is 4.86. The molecule has 1 spiro atoms. The van der Waals surface area contributed by atoms with Crippen LogP contribution in [0.15, 0.2) is 11.6 Å². The minimum Gasteiger partial charge on any atom is -0.478 e. The number of fused-ring (bicyclic) bond motifs is 1. The number of ether oxygens (including phenoxy) is 2. The van der Waals surface area contributed by atoms with Gasteiger partial charge in [-0.3, -0.25) is 0 Å². The van der Waals surface area contributed by atoms with E-state index in [1.54, 1.807) is 6.08 Å². The van der Waals surface area contributed by atoms with Crippen molar-refractivity contribution >= 4 is 5.97 Å². The average molecular weight is 364 g/mol. The van der Waals surface area contributed by atoms with Crippen molar-refractivity contribution in [3.63, 3.8) is 0 Å². The molecule has 0 unspecified atom stereocenters. The predicted molar refractivity (Wildman–Crippen MR) is 96.7 cm³/mol. The smallest absolute Gasteiger partial charge is 0.334 e. The summed E-state index contributed by atoms with van der Waals surface area (Å²) in [5.74, 6) is -0.493. The fraction of sp³-hybridized carbons (Fsp3) is 0.857. The van der Waals surface area contributed by atoms with Crippen molar-refractivity contribution in [3.8, 4) is 0 Å². The van der Waals surface area contributed by atoms with E-state index in [2.05, 4.69) is 27.7 Å². The first-order chi connectivity index (χ1) is 12.1. The third kappa shape index (κ3) is 1.85. The largest absolute Gasteiger partial charge is 0.478 e. The van der Waals surface area contributed by atoms with E-state index in [4.69, 9.17) is 9.47 Å². The topological polar surface area (TPSA) is 79.3 Å². The second-order valence-corrected chi connectivity index (χ2v) is 9.80. The number of aliphatic hydroxyl groups excluding tert-OH is 1. The summed E-state index contributed by atoms with van der Waals surface area (Å²) in [6.45, 7) is 8.93. The molecule has 0 aromatic rings. The number of hydrogen-bond acceptors (Lipinski definition) is 4. The molecule has 0 aromatic carbocycles. The molecular formula is C21H32O5. The molecule has 26 heavy (non-hydrogen) atoms. The molecule has 0 amide bonds. The summed E-state index contributed by atoms with van der Waals surface area (Å²) < 4.78 is 12.2. The number of allylic oxidation sites excluding steroid dienone is 1. The Bertz CT molecular complexity index is 671. The molecule has 5 nitrogen and oxygen atoms in total. The first-order valence-electron chi connectivity index (χ1n) is 9.94. The maximum Gasteiger partial charge on any atom is 0.334 e. The van der Waals surface area contributed by atoms with Crippen molar-refractivity contribution in [1.29, 1.82) is 0 Å². The van der Waals surface area contributed by atoms with E-state index in [9.17, 15) is 15.0 Å². The van der Waals surface area contributed by atoms with Gasteiger partial charge in [0.1, 0.15) is 17.3 Å². The Morgan fingerprint density at radius 2 is 1.92 bits per heavy atom. The summed E-state index contributed by atoms with van der Waals surface area (Å²) in [7, 11) is 1.49. The van der Waals surface area contributed by atoms with Gasteiger partial charge in [-0.15, -0.1) is 0 Å². The van der Waals surface area contributed by atoms with Gasteiger partial charge in [0.15, 0.2) is 0 Å². The van der Waals surface area contributed by atoms with Crippen LogP contribution < -0.4 is 0 Å². The second kappa shape index (κ2) is 5.33. The van der Waals surface area contributed by atoms with E-state index in [0.29, 0.717) is 12.3 Å². The molecule has 0 bridgehead atoms.